The van der Waals surface area contributed by atoms with Gasteiger partial charge in [-0.1, -0.05) is 0 Å². The normalized spacial score (nSPS) is 12.6. The molecule has 0 saturated carbocycles. The molecule has 0 fully saturated rings. The summed E-state index contributed by atoms with van der Waals surface area (Å²) in [5, 5.41) is 0. The van der Waals surface area contributed by atoms with Crippen molar-refractivity contribution in [2.24, 2.45) is 0 Å². The average molecular weight is 296 g/mol. The number of methoxy groups -OCH3 is 3. The van der Waals surface area contributed by atoms with Gasteiger partial charge in [-0.05, 0) is 25.6 Å². The van der Waals surface area contributed by atoms with E-state index in [1.807, 2.05) is 12.1 Å². The number of hydrogen-bond acceptors (Lipinski definition) is 4. The lowest BCUT2D eigenvalue weighted by atomic mass is 10.2. The molecule has 5 nitrogen and oxygen atoms in total. The molecule has 1 aromatic carbocycles. The Balaban J connectivity index is 2.54. The number of ether oxygens (including phenoxy) is 3. The maximum absolute atomic E-state index is 5.42. The van der Waals surface area contributed by atoms with Crippen LogP contribution in [0.1, 0.15) is 19.4 Å². The first-order valence-corrected chi connectivity index (χ1v) is 6.88. The van der Waals surface area contributed by atoms with Gasteiger partial charge in [0, 0.05) is 31.9 Å². The summed E-state index contributed by atoms with van der Waals surface area (Å²) < 4.78 is 18.6. The molecule has 0 aliphatic carbocycles. The number of benzene rings is 1. The number of aromatic amines is 1. The predicted molar refractivity (Wildman–Crippen MR) is 81.4 cm³/mol. The van der Waals surface area contributed by atoms with Gasteiger partial charge in [0.05, 0.1) is 25.3 Å². The highest BCUT2D eigenvalue weighted by atomic mass is 32.1. The minimum absolute atomic E-state index is 0.245. The summed E-state index contributed by atoms with van der Waals surface area (Å²) in [5.74, 6) is 1.38. The van der Waals surface area contributed by atoms with Gasteiger partial charge in [0.25, 0.3) is 0 Å². The van der Waals surface area contributed by atoms with Crippen LogP contribution in [-0.2, 0) is 4.74 Å². The van der Waals surface area contributed by atoms with Crippen LogP contribution in [-0.4, -0.2) is 37.5 Å². The van der Waals surface area contributed by atoms with Crippen LogP contribution < -0.4 is 9.47 Å². The molecule has 2 rings (SSSR count). The number of imidazole rings is 1. The molecule has 110 valence electrons. The largest absolute Gasteiger partial charge is 0.493 e. The number of H-pyrrole nitrogens is 1. The molecule has 0 amide bonds. The molecule has 0 saturated heterocycles. The fraction of sp³-hybridized carbons (Fsp3) is 0.500. The molecule has 1 atom stereocenters. The van der Waals surface area contributed by atoms with Crippen LogP contribution in [0.15, 0.2) is 12.1 Å². The number of aromatic nitrogens is 2. The Morgan fingerprint density at radius 2 is 1.85 bits per heavy atom. The number of hydrogen-bond donors (Lipinski definition) is 1. The van der Waals surface area contributed by atoms with E-state index in [0.717, 1.165) is 17.5 Å². The molecule has 0 spiro atoms. The van der Waals surface area contributed by atoms with Crippen LogP contribution in [0.4, 0.5) is 0 Å². The van der Waals surface area contributed by atoms with E-state index in [4.69, 9.17) is 26.4 Å². The van der Waals surface area contributed by atoms with E-state index in [1.54, 1.807) is 21.3 Å². The third-order valence-electron chi connectivity index (χ3n) is 3.40. The standard InChI is InChI=1S/C14H20N2O3S/c1-9(5-6-17-2)16-11-8-13(19-4)12(18-3)7-10(11)15-14(16)20/h7-9H,5-6H2,1-4H3,(H,15,20). The SMILES string of the molecule is COCCC(C)n1c(=S)[nH]c2cc(OC)c(OC)cc21. The number of fused-ring (bicyclic) bond motifs is 1. The number of rotatable bonds is 6. The Morgan fingerprint density at radius 1 is 1.20 bits per heavy atom. The molecule has 1 unspecified atom stereocenters. The minimum atomic E-state index is 0.245. The van der Waals surface area contributed by atoms with Crippen molar-refractivity contribution in [1.82, 2.24) is 9.55 Å². The van der Waals surface area contributed by atoms with Crippen LogP contribution in [0.5, 0.6) is 11.5 Å². The summed E-state index contributed by atoms with van der Waals surface area (Å²) in [7, 11) is 4.95. The van der Waals surface area contributed by atoms with Crippen LogP contribution in [0.2, 0.25) is 0 Å². The quantitative estimate of drug-likeness (QED) is 0.831. The second-order valence-electron chi connectivity index (χ2n) is 4.65. The first kappa shape index (κ1) is 14.9. The van der Waals surface area contributed by atoms with E-state index in [9.17, 15) is 0 Å². The number of nitrogens with one attached hydrogen (secondary N) is 1. The van der Waals surface area contributed by atoms with Gasteiger partial charge in [0.1, 0.15) is 0 Å². The molecular weight excluding hydrogens is 276 g/mol. The summed E-state index contributed by atoms with van der Waals surface area (Å²) in [6.45, 7) is 2.82. The Labute approximate surface area is 123 Å². The monoisotopic (exact) mass is 296 g/mol. The Bertz CT molecular complexity index is 648. The zero-order valence-corrected chi connectivity index (χ0v) is 13.0. The number of nitrogens with zero attached hydrogens (tertiary/aromatic N) is 1. The Hall–Kier alpha value is -1.53. The first-order chi connectivity index (χ1) is 9.62. The summed E-state index contributed by atoms with van der Waals surface area (Å²) >= 11 is 5.42. The predicted octanol–water partition coefficient (Wildman–Crippen LogP) is 3.31. The van der Waals surface area contributed by atoms with Crippen LogP contribution in [0.25, 0.3) is 11.0 Å². The first-order valence-electron chi connectivity index (χ1n) is 6.47. The van der Waals surface area contributed by atoms with Crippen LogP contribution in [0, 0.1) is 4.77 Å². The molecule has 0 aliphatic heterocycles. The summed E-state index contributed by atoms with van der Waals surface area (Å²) in [6.07, 6.45) is 0.895. The highest BCUT2D eigenvalue weighted by Gasteiger charge is 2.14. The van der Waals surface area contributed by atoms with Gasteiger partial charge in [-0.15, -0.1) is 0 Å². The minimum Gasteiger partial charge on any atom is -0.493 e. The average Bonchev–Trinajstić information content (AvgIpc) is 2.77. The van der Waals surface area contributed by atoms with Crippen molar-refractivity contribution < 1.29 is 14.2 Å². The van der Waals surface area contributed by atoms with Gasteiger partial charge in [-0.25, -0.2) is 0 Å². The lowest BCUT2D eigenvalue weighted by Crippen LogP contribution is -2.08. The highest BCUT2D eigenvalue weighted by Crippen LogP contribution is 2.33. The summed E-state index contributed by atoms with van der Waals surface area (Å²) in [6, 6.07) is 4.10. The van der Waals surface area contributed by atoms with Gasteiger partial charge in [-0.3, -0.25) is 0 Å². The zero-order chi connectivity index (χ0) is 14.7. The van der Waals surface area contributed by atoms with Crippen molar-refractivity contribution >= 4 is 23.3 Å². The van der Waals surface area contributed by atoms with E-state index in [2.05, 4.69) is 16.5 Å². The lowest BCUT2D eigenvalue weighted by molar-refractivity contribution is 0.181. The van der Waals surface area contributed by atoms with Gasteiger partial charge in [-0.2, -0.15) is 0 Å². The highest BCUT2D eigenvalue weighted by molar-refractivity contribution is 7.71. The molecule has 1 heterocycles. The van der Waals surface area contributed by atoms with E-state index in [1.165, 1.54) is 0 Å². The maximum atomic E-state index is 5.42. The van der Waals surface area contributed by atoms with E-state index in [-0.39, 0.29) is 6.04 Å². The van der Waals surface area contributed by atoms with Crippen LogP contribution >= 0.6 is 12.2 Å². The Morgan fingerprint density at radius 3 is 2.45 bits per heavy atom. The molecular formula is C14H20N2O3S. The molecule has 1 N–H and O–H groups in total. The molecule has 0 radical (unpaired) electrons. The second kappa shape index (κ2) is 6.28. The molecule has 6 heteroatoms. The van der Waals surface area contributed by atoms with Crippen molar-refractivity contribution in [3.8, 4) is 11.5 Å². The molecule has 0 aliphatic rings. The van der Waals surface area contributed by atoms with E-state index >= 15 is 0 Å². The fourth-order valence-corrected chi connectivity index (χ4v) is 2.70. The maximum Gasteiger partial charge on any atom is 0.178 e. The molecule has 0 bridgehead atoms. The van der Waals surface area contributed by atoms with E-state index in [0.29, 0.717) is 22.9 Å². The molecule has 20 heavy (non-hydrogen) atoms. The molecule has 2 aromatic rings. The van der Waals surface area contributed by atoms with Gasteiger partial charge in [0.15, 0.2) is 16.3 Å². The summed E-state index contributed by atoms with van der Waals surface area (Å²) in [4.78, 5) is 3.21. The molecule has 1 aromatic heterocycles. The van der Waals surface area contributed by atoms with Crippen molar-refractivity contribution in [2.45, 2.75) is 19.4 Å². The van der Waals surface area contributed by atoms with Crippen LogP contribution in [0.3, 0.4) is 0 Å². The lowest BCUT2D eigenvalue weighted by Gasteiger charge is -2.15. The zero-order valence-electron chi connectivity index (χ0n) is 12.2. The van der Waals surface area contributed by atoms with Crippen molar-refractivity contribution in [3.63, 3.8) is 0 Å². The van der Waals surface area contributed by atoms with Gasteiger partial charge >= 0.3 is 0 Å². The van der Waals surface area contributed by atoms with Gasteiger partial charge in [0.2, 0.25) is 0 Å². The fourth-order valence-electron chi connectivity index (χ4n) is 2.31. The Kier molecular flexibility index (Phi) is 4.67. The van der Waals surface area contributed by atoms with E-state index < -0.39 is 0 Å². The van der Waals surface area contributed by atoms with Crippen molar-refractivity contribution in [2.75, 3.05) is 27.9 Å². The summed E-state index contributed by atoms with van der Waals surface area (Å²) in [5.41, 5.74) is 1.95. The second-order valence-corrected chi connectivity index (χ2v) is 5.04. The third-order valence-corrected chi connectivity index (χ3v) is 3.70. The van der Waals surface area contributed by atoms with Gasteiger partial charge < -0.3 is 23.8 Å². The van der Waals surface area contributed by atoms with Crippen molar-refractivity contribution in [1.29, 1.82) is 0 Å². The van der Waals surface area contributed by atoms with Crippen molar-refractivity contribution in [3.05, 3.63) is 16.9 Å². The smallest absolute Gasteiger partial charge is 0.178 e. The topological polar surface area (TPSA) is 48.4 Å². The third kappa shape index (κ3) is 2.66.